The first-order valence-electron chi connectivity index (χ1n) is 12.6. The van der Waals surface area contributed by atoms with E-state index in [4.69, 9.17) is 0 Å². The lowest BCUT2D eigenvalue weighted by Gasteiger charge is -2.37. The third-order valence-electron chi connectivity index (χ3n) is 8.03. The number of aryl methyl sites for hydroxylation is 1. The van der Waals surface area contributed by atoms with E-state index in [1.165, 1.54) is 4.90 Å². The van der Waals surface area contributed by atoms with Crippen LogP contribution in [0.15, 0.2) is 97.1 Å². The Balaban J connectivity index is 1.40. The fourth-order valence-corrected chi connectivity index (χ4v) is 6.35. The predicted molar refractivity (Wildman–Crippen MR) is 144 cm³/mol. The molecule has 3 aliphatic rings. The van der Waals surface area contributed by atoms with Gasteiger partial charge in [0.2, 0.25) is 11.8 Å². The zero-order valence-corrected chi connectivity index (χ0v) is 20.2. The highest BCUT2D eigenvalue weighted by molar-refractivity contribution is 6.25. The average molecular weight is 485 g/mol. The van der Waals surface area contributed by atoms with Crippen molar-refractivity contribution in [2.45, 2.75) is 19.0 Å². The molecule has 0 radical (unpaired) electrons. The van der Waals surface area contributed by atoms with Crippen molar-refractivity contribution in [3.63, 3.8) is 0 Å². The molecule has 3 aliphatic heterocycles. The van der Waals surface area contributed by atoms with Gasteiger partial charge in [-0.1, -0.05) is 90.5 Å². The van der Waals surface area contributed by atoms with Crippen LogP contribution in [0.1, 0.15) is 21.5 Å². The molecule has 2 fully saturated rings. The van der Waals surface area contributed by atoms with Crippen molar-refractivity contribution in [3.05, 3.63) is 114 Å². The molecule has 0 N–H and O–H groups in total. The van der Waals surface area contributed by atoms with Crippen LogP contribution in [0.4, 0.5) is 11.4 Å². The summed E-state index contributed by atoms with van der Waals surface area (Å²) < 4.78 is 0. The molecule has 2 amide bonds. The Morgan fingerprint density at radius 3 is 2.24 bits per heavy atom. The van der Waals surface area contributed by atoms with Crippen molar-refractivity contribution in [3.8, 4) is 0 Å². The summed E-state index contributed by atoms with van der Waals surface area (Å²) in [7, 11) is 0. The van der Waals surface area contributed by atoms with Gasteiger partial charge in [-0.3, -0.25) is 14.4 Å². The summed E-state index contributed by atoms with van der Waals surface area (Å²) in [5.41, 5.74) is 4.04. The number of nitrogens with zero attached hydrogens (tertiary/aromatic N) is 2. The Hall–Kier alpha value is -4.51. The van der Waals surface area contributed by atoms with Gasteiger partial charge in [-0.2, -0.15) is 0 Å². The summed E-state index contributed by atoms with van der Waals surface area (Å²) in [4.78, 5) is 45.3. The van der Waals surface area contributed by atoms with Crippen LogP contribution in [0.3, 0.4) is 0 Å². The minimum absolute atomic E-state index is 0.139. The van der Waals surface area contributed by atoms with Gasteiger partial charge in [-0.05, 0) is 35.9 Å². The zero-order chi connectivity index (χ0) is 25.3. The van der Waals surface area contributed by atoms with Gasteiger partial charge in [0, 0.05) is 16.8 Å². The molecule has 37 heavy (non-hydrogen) atoms. The lowest BCUT2D eigenvalue weighted by atomic mass is 9.86. The van der Waals surface area contributed by atoms with Gasteiger partial charge in [0.05, 0.1) is 23.6 Å². The Labute approximate surface area is 214 Å². The normalized spacial score (nSPS) is 23.8. The quantitative estimate of drug-likeness (QED) is 0.288. The number of rotatable bonds is 3. The molecule has 4 aromatic rings. The summed E-state index contributed by atoms with van der Waals surface area (Å²) in [6.45, 7) is 1.96. The Morgan fingerprint density at radius 1 is 0.757 bits per heavy atom. The van der Waals surface area contributed by atoms with Gasteiger partial charge >= 0.3 is 0 Å². The monoisotopic (exact) mass is 484 g/mol. The van der Waals surface area contributed by atoms with Crippen LogP contribution in [-0.4, -0.2) is 29.7 Å². The molecule has 0 bridgehead atoms. The number of Topliss-reactive ketones (excluding diaryl/α,β-unsaturated/α-hetero) is 1. The first-order chi connectivity index (χ1) is 18.0. The minimum Gasteiger partial charge on any atom is -0.352 e. The predicted octanol–water partition coefficient (Wildman–Crippen LogP) is 5.42. The SMILES string of the molecule is Cc1ccc(N2C(=O)[C@@H]3[C@H](C2=O)[C@@H]2C=Cc4c(ccc5ccccc45)N2[C@@H]3C(=O)c2ccccc2)cc1. The van der Waals surface area contributed by atoms with Crippen molar-refractivity contribution in [1.29, 1.82) is 0 Å². The van der Waals surface area contributed by atoms with Crippen LogP contribution in [0.2, 0.25) is 0 Å². The average Bonchev–Trinajstić information content (AvgIpc) is 3.41. The van der Waals surface area contributed by atoms with Crippen molar-refractivity contribution >= 4 is 45.8 Å². The van der Waals surface area contributed by atoms with Gasteiger partial charge in [0.25, 0.3) is 0 Å². The van der Waals surface area contributed by atoms with Crippen molar-refractivity contribution < 1.29 is 14.4 Å². The first-order valence-corrected chi connectivity index (χ1v) is 12.6. The highest BCUT2D eigenvalue weighted by atomic mass is 16.2. The molecule has 5 nitrogen and oxygen atoms in total. The maximum absolute atomic E-state index is 14.1. The molecule has 180 valence electrons. The van der Waals surface area contributed by atoms with E-state index < -0.39 is 17.9 Å². The van der Waals surface area contributed by atoms with E-state index >= 15 is 0 Å². The highest BCUT2D eigenvalue weighted by Gasteiger charge is 2.64. The maximum Gasteiger partial charge on any atom is 0.240 e. The summed E-state index contributed by atoms with van der Waals surface area (Å²) in [5.74, 6) is -2.10. The lowest BCUT2D eigenvalue weighted by molar-refractivity contribution is -0.122. The van der Waals surface area contributed by atoms with E-state index in [1.807, 2.05) is 72.5 Å². The van der Waals surface area contributed by atoms with Crippen LogP contribution in [0.25, 0.3) is 16.8 Å². The van der Waals surface area contributed by atoms with E-state index in [1.54, 1.807) is 24.3 Å². The first kappa shape index (κ1) is 21.7. The molecule has 0 aliphatic carbocycles. The van der Waals surface area contributed by atoms with E-state index in [2.05, 4.69) is 18.2 Å². The molecular weight excluding hydrogens is 460 g/mol. The largest absolute Gasteiger partial charge is 0.352 e. The summed E-state index contributed by atoms with van der Waals surface area (Å²) >= 11 is 0. The molecule has 0 spiro atoms. The van der Waals surface area contributed by atoms with E-state index in [0.29, 0.717) is 11.3 Å². The van der Waals surface area contributed by atoms with E-state index in [-0.39, 0.29) is 23.6 Å². The number of benzene rings is 4. The standard InChI is InChI=1S/C32H24N2O3/c1-19-11-14-22(15-12-19)33-31(36)27-26-18-16-24-23-10-6-5-7-20(23)13-17-25(24)34(26)29(28(27)32(33)37)30(35)21-8-3-2-4-9-21/h2-18,26-29H,1H3/t26-,27+,28+,29-/m0/s1. The fourth-order valence-electron chi connectivity index (χ4n) is 6.35. The number of amides is 2. The van der Waals surface area contributed by atoms with Crippen LogP contribution >= 0.6 is 0 Å². The maximum atomic E-state index is 14.1. The summed E-state index contributed by atoms with van der Waals surface area (Å²) in [6.07, 6.45) is 4.06. The summed E-state index contributed by atoms with van der Waals surface area (Å²) in [5, 5.41) is 2.18. The third kappa shape index (κ3) is 3.07. The second kappa shape index (κ2) is 8.00. The lowest BCUT2D eigenvalue weighted by Crippen LogP contribution is -2.48. The van der Waals surface area contributed by atoms with Crippen LogP contribution in [0.5, 0.6) is 0 Å². The van der Waals surface area contributed by atoms with Gasteiger partial charge < -0.3 is 4.90 Å². The summed E-state index contributed by atoms with van der Waals surface area (Å²) in [6, 6.07) is 27.5. The highest BCUT2D eigenvalue weighted by Crippen LogP contribution is 2.50. The number of hydrogen-bond donors (Lipinski definition) is 0. The minimum atomic E-state index is -0.783. The van der Waals surface area contributed by atoms with Crippen molar-refractivity contribution in [2.24, 2.45) is 11.8 Å². The Bertz CT molecular complexity index is 1620. The van der Waals surface area contributed by atoms with Gasteiger partial charge in [-0.15, -0.1) is 0 Å². The van der Waals surface area contributed by atoms with Gasteiger partial charge in [0.1, 0.15) is 6.04 Å². The topological polar surface area (TPSA) is 57.7 Å². The number of carbonyl (C=O) groups is 3. The number of fused-ring (bicyclic) bond motifs is 7. The molecular formula is C32H24N2O3. The molecule has 0 saturated carbocycles. The van der Waals surface area contributed by atoms with Crippen molar-refractivity contribution in [1.82, 2.24) is 0 Å². The second-order valence-corrected chi connectivity index (χ2v) is 10.1. The molecule has 7 rings (SSSR count). The Morgan fingerprint density at radius 2 is 1.46 bits per heavy atom. The van der Waals surface area contributed by atoms with Crippen LogP contribution in [0, 0.1) is 18.8 Å². The molecule has 4 atom stereocenters. The molecule has 4 aromatic carbocycles. The molecule has 2 saturated heterocycles. The second-order valence-electron chi connectivity index (χ2n) is 10.1. The molecule has 5 heteroatoms. The number of ketones is 1. The van der Waals surface area contributed by atoms with E-state index in [0.717, 1.165) is 27.6 Å². The van der Waals surface area contributed by atoms with Gasteiger partial charge in [0.15, 0.2) is 5.78 Å². The van der Waals surface area contributed by atoms with Crippen LogP contribution < -0.4 is 9.80 Å². The molecule has 0 aromatic heterocycles. The number of anilines is 2. The number of hydrogen-bond acceptors (Lipinski definition) is 4. The number of imide groups is 1. The molecule has 0 unspecified atom stereocenters. The smallest absolute Gasteiger partial charge is 0.240 e. The van der Waals surface area contributed by atoms with Crippen molar-refractivity contribution in [2.75, 3.05) is 9.80 Å². The van der Waals surface area contributed by atoms with E-state index in [9.17, 15) is 14.4 Å². The fraction of sp³-hybridized carbons (Fsp3) is 0.156. The zero-order valence-electron chi connectivity index (χ0n) is 20.2. The van der Waals surface area contributed by atoms with Crippen LogP contribution in [-0.2, 0) is 9.59 Å². The molecule has 3 heterocycles. The number of carbonyl (C=O) groups excluding carboxylic acids is 3. The third-order valence-corrected chi connectivity index (χ3v) is 8.03. The van der Waals surface area contributed by atoms with Gasteiger partial charge in [-0.25, -0.2) is 4.90 Å². The Kier molecular flexibility index (Phi) is 4.70.